The summed E-state index contributed by atoms with van der Waals surface area (Å²) < 4.78 is 45.7. The third kappa shape index (κ3) is 11.5. The summed E-state index contributed by atoms with van der Waals surface area (Å²) in [6, 6.07) is 14.9. The van der Waals surface area contributed by atoms with Crippen LogP contribution in [-0.4, -0.2) is 158 Å². The van der Waals surface area contributed by atoms with Crippen LogP contribution in [0.5, 0.6) is 23.4 Å². The molecule has 5 aliphatic rings. The molecule has 2 unspecified atom stereocenters. The first-order valence-corrected chi connectivity index (χ1v) is 28.5. The number of piperidine rings is 1. The number of fused-ring (bicyclic) bond motifs is 2. The summed E-state index contributed by atoms with van der Waals surface area (Å²) in [6.45, 7) is 11.5. The fourth-order valence-corrected chi connectivity index (χ4v) is 12.9. The van der Waals surface area contributed by atoms with Crippen molar-refractivity contribution in [3.05, 3.63) is 89.1 Å². The number of nitrogens with two attached hydrogens (primary N) is 1. The van der Waals surface area contributed by atoms with E-state index >= 15 is 4.39 Å². The summed E-state index contributed by atoms with van der Waals surface area (Å²) in [5.74, 6) is -0.678. The number of para-hydroxylation sites is 1. The number of aliphatic hydroxyl groups is 1. The van der Waals surface area contributed by atoms with Crippen LogP contribution in [0, 0.1) is 18.7 Å². The van der Waals surface area contributed by atoms with Crippen LogP contribution in [-0.2, 0) is 14.3 Å². The van der Waals surface area contributed by atoms with Crippen LogP contribution >= 0.6 is 11.3 Å². The van der Waals surface area contributed by atoms with E-state index < -0.39 is 35.8 Å². The van der Waals surface area contributed by atoms with E-state index in [1.807, 2.05) is 38.2 Å². The Morgan fingerprint density at radius 3 is 2.44 bits per heavy atom. The number of rotatable bonds is 19. The SMILES string of the molecule is COc1nc(-c2scnc2C)c(F)cc1[C@H](C)NC(=O)[C@@H]1C[C@@H](O)CN1C(=O)[C@@H](c1cc(OCCN2CCC(O[C@H]3C[C@H](Oc4cc(N5C6CCC5CN(c5cc(-c7ccccc7O)nnc5N)C6)ccn4)C3)CC2)no1)C(C)C. The van der Waals surface area contributed by atoms with Gasteiger partial charge < -0.3 is 59.4 Å². The van der Waals surface area contributed by atoms with Crippen molar-refractivity contribution >= 4 is 40.3 Å². The highest BCUT2D eigenvalue weighted by Crippen LogP contribution is 2.41. The molecule has 1 saturated carbocycles. The van der Waals surface area contributed by atoms with Crippen molar-refractivity contribution in [2.75, 3.05) is 68.5 Å². The fraction of sp³-hybridized carbons (Fsp3) is 0.509. The number of carbonyl (C=O) groups excluding carboxylic acids is 2. The number of anilines is 3. The molecule has 80 heavy (non-hydrogen) atoms. The minimum atomic E-state index is -0.993. The molecular formula is C57H69FN12O9S. The number of phenolic OH excluding ortho intramolecular Hbond substituents is 1. The number of pyridine rings is 2. The number of ether oxygens (including phenoxy) is 4. The van der Waals surface area contributed by atoms with E-state index in [-0.39, 0.29) is 78.4 Å². The number of nitrogens with zero attached hydrogens (tertiary/aromatic N) is 10. The van der Waals surface area contributed by atoms with Crippen LogP contribution in [0.3, 0.4) is 0 Å². The van der Waals surface area contributed by atoms with Gasteiger partial charge in [0.2, 0.25) is 23.6 Å². The van der Waals surface area contributed by atoms with Gasteiger partial charge in [0.05, 0.1) is 58.9 Å². The van der Waals surface area contributed by atoms with E-state index in [4.69, 9.17) is 29.2 Å². The van der Waals surface area contributed by atoms with Gasteiger partial charge in [0, 0.05) is 106 Å². The van der Waals surface area contributed by atoms with Gasteiger partial charge in [0.1, 0.15) is 36.1 Å². The molecule has 1 aliphatic carbocycles. The second kappa shape index (κ2) is 23.5. The van der Waals surface area contributed by atoms with E-state index in [1.54, 1.807) is 37.6 Å². The molecule has 1 aromatic carbocycles. The van der Waals surface area contributed by atoms with Crippen LogP contribution < -0.4 is 35.1 Å². The molecule has 23 heteroatoms. The Bertz CT molecular complexity index is 3160. The van der Waals surface area contributed by atoms with Crippen molar-refractivity contribution in [2.24, 2.45) is 5.92 Å². The van der Waals surface area contributed by atoms with Crippen LogP contribution in [0.2, 0.25) is 0 Å². The first kappa shape index (κ1) is 54.7. The molecule has 5 N–H and O–H groups in total. The van der Waals surface area contributed by atoms with Gasteiger partial charge in [-0.15, -0.1) is 21.5 Å². The first-order valence-electron chi connectivity index (χ1n) is 27.7. The predicted molar refractivity (Wildman–Crippen MR) is 296 cm³/mol. The highest BCUT2D eigenvalue weighted by molar-refractivity contribution is 7.13. The lowest BCUT2D eigenvalue weighted by atomic mass is 9.91. The normalized spacial score (nSPS) is 23.0. The molecule has 4 saturated heterocycles. The van der Waals surface area contributed by atoms with Gasteiger partial charge in [-0.3, -0.25) is 14.5 Å². The number of hydrogen-bond donors (Lipinski definition) is 4. The number of likely N-dealkylation sites (tertiary alicyclic amines) is 2. The number of aromatic hydroxyl groups is 1. The number of aryl methyl sites for hydroxylation is 1. The van der Waals surface area contributed by atoms with Crippen molar-refractivity contribution < 1.29 is 47.7 Å². The summed E-state index contributed by atoms with van der Waals surface area (Å²) in [7, 11) is 1.42. The van der Waals surface area contributed by atoms with E-state index in [2.05, 4.69) is 62.5 Å². The number of amides is 2. The third-order valence-corrected chi connectivity index (χ3v) is 17.2. The highest BCUT2D eigenvalue weighted by Gasteiger charge is 2.45. The number of phenols is 1. The molecule has 21 nitrogen and oxygen atoms in total. The van der Waals surface area contributed by atoms with Crippen molar-refractivity contribution in [1.82, 2.24) is 45.4 Å². The topological polar surface area (TPSA) is 253 Å². The second-order valence-electron chi connectivity index (χ2n) is 22.0. The average Bonchev–Trinajstić information content (AvgIpc) is 4.30. The number of thiazole rings is 1. The minimum absolute atomic E-state index is 0.0270. The van der Waals surface area contributed by atoms with Crippen molar-refractivity contribution in [2.45, 2.75) is 127 Å². The van der Waals surface area contributed by atoms with Gasteiger partial charge in [-0.2, -0.15) is 0 Å². The van der Waals surface area contributed by atoms with Gasteiger partial charge in [0.25, 0.3) is 5.88 Å². The number of aromatic nitrogens is 6. The van der Waals surface area contributed by atoms with Crippen molar-refractivity contribution in [3.8, 4) is 45.2 Å². The molecule has 0 spiro atoms. The van der Waals surface area contributed by atoms with Crippen molar-refractivity contribution in [3.63, 3.8) is 0 Å². The molecule has 6 aromatic rings. The zero-order chi connectivity index (χ0) is 55.8. The number of nitrogen functional groups attached to an aromatic ring is 1. The standard InChI is InChI=1S/C57H69FN12O9S/c1-31(2)51(57(74)69-29-37(71)21-46(69)55(73)62-32(3)42-24-43(58)52(63-56(42)75-5)53-33(4)61-30-80-53)48-26-50(66-79-48)76-19-18-67-16-13-38(14-17-67)77-39-22-40(23-39)78-49-20-34(12-15-60-49)70-35-10-11-36(70)28-68(27-35)45-25-44(64-65-54(45)59)41-8-6-7-9-47(41)72/h6-9,12,15,20,24-26,30-32,35-40,46,51,71-72H,10-11,13-14,16-19,21-23,27-29H2,1-5H3,(H2,59,65)(H,62,73)/t32-,35?,36?,37+,39-,40-,46-,51+/m0/s1. The second-order valence-corrected chi connectivity index (χ2v) is 22.9. The monoisotopic (exact) mass is 1120 g/mol. The smallest absolute Gasteiger partial charge is 0.254 e. The van der Waals surface area contributed by atoms with Crippen LogP contribution in [0.4, 0.5) is 21.6 Å². The molecule has 4 aliphatic heterocycles. The van der Waals surface area contributed by atoms with Crippen LogP contribution in [0.1, 0.15) is 94.7 Å². The van der Waals surface area contributed by atoms with E-state index in [1.165, 1.54) is 29.4 Å². The van der Waals surface area contributed by atoms with Gasteiger partial charge in [-0.25, -0.2) is 19.3 Å². The molecule has 6 atom stereocenters. The van der Waals surface area contributed by atoms with Gasteiger partial charge in [-0.05, 0) is 80.9 Å². The Kier molecular flexibility index (Phi) is 16.1. The van der Waals surface area contributed by atoms with E-state index in [9.17, 15) is 19.8 Å². The molecule has 9 heterocycles. The predicted octanol–water partition coefficient (Wildman–Crippen LogP) is 6.70. The lowest BCUT2D eigenvalue weighted by Crippen LogP contribution is -2.54. The van der Waals surface area contributed by atoms with Gasteiger partial charge in [0.15, 0.2) is 17.4 Å². The molecule has 5 aromatic heterocycles. The molecule has 0 radical (unpaired) electrons. The Labute approximate surface area is 467 Å². The van der Waals surface area contributed by atoms with Crippen molar-refractivity contribution in [1.29, 1.82) is 0 Å². The van der Waals surface area contributed by atoms with Gasteiger partial charge in [-0.1, -0.05) is 26.0 Å². The summed E-state index contributed by atoms with van der Waals surface area (Å²) in [5, 5.41) is 36.8. The number of aliphatic hydroxyl groups excluding tert-OH is 1. The molecule has 5 fully saturated rings. The third-order valence-electron chi connectivity index (χ3n) is 16.3. The Balaban J connectivity index is 0.609. The van der Waals surface area contributed by atoms with Crippen LogP contribution in [0.15, 0.2) is 70.8 Å². The number of carbonyl (C=O) groups is 2. The number of hydrogen-bond acceptors (Lipinski definition) is 20. The number of benzene rings is 1. The van der Waals surface area contributed by atoms with E-state index in [0.717, 1.165) is 76.1 Å². The molecule has 2 amide bonds. The molecular weight excluding hydrogens is 1050 g/mol. The Hall–Kier alpha value is -7.21. The largest absolute Gasteiger partial charge is 0.507 e. The zero-order valence-corrected chi connectivity index (χ0v) is 46.4. The number of piperazine rings is 1. The van der Waals surface area contributed by atoms with Crippen LogP contribution in [0.25, 0.3) is 21.8 Å². The molecule has 424 valence electrons. The Morgan fingerprint density at radius 1 is 0.938 bits per heavy atom. The fourth-order valence-electron chi connectivity index (χ4n) is 12.1. The first-order chi connectivity index (χ1) is 38.7. The Morgan fingerprint density at radius 2 is 1.71 bits per heavy atom. The maximum atomic E-state index is 15.5. The summed E-state index contributed by atoms with van der Waals surface area (Å²) in [5.41, 5.74) is 12.2. The molecule has 11 rings (SSSR count). The quantitative estimate of drug-likeness (QED) is 0.0659. The van der Waals surface area contributed by atoms with Gasteiger partial charge >= 0.3 is 0 Å². The average molecular weight is 1120 g/mol. The highest BCUT2D eigenvalue weighted by atomic mass is 32.1. The summed E-state index contributed by atoms with van der Waals surface area (Å²) >= 11 is 1.27. The van der Waals surface area contributed by atoms with E-state index in [0.29, 0.717) is 58.0 Å². The maximum Gasteiger partial charge on any atom is 0.254 e. The number of β-amino-alcohol motifs (C(OH)–C–C–N with tert-alkyl or cyclic N) is 1. The summed E-state index contributed by atoms with van der Waals surface area (Å²) in [4.78, 5) is 50.5. The minimum Gasteiger partial charge on any atom is -0.507 e. The summed E-state index contributed by atoms with van der Waals surface area (Å²) in [6.07, 6.45) is 6.84. The zero-order valence-electron chi connectivity index (χ0n) is 45.6. The maximum absolute atomic E-state index is 15.5. The molecule has 2 bridgehead atoms. The lowest BCUT2D eigenvalue weighted by molar-refractivity contribution is -0.141. The number of halogens is 1. The number of methoxy groups -OCH3 is 1. The number of nitrogens with one attached hydrogen (secondary N) is 1. The lowest BCUT2D eigenvalue weighted by Gasteiger charge is -2.43.